The Morgan fingerprint density at radius 2 is 1.76 bits per heavy atom. The normalized spacial score (nSPS) is 10.3. The Hall–Kier alpha value is -2.69. The van der Waals surface area contributed by atoms with E-state index in [-0.39, 0.29) is 24.3 Å². The van der Waals surface area contributed by atoms with Gasteiger partial charge in [-0.25, -0.2) is 0 Å². The molecule has 2 rings (SSSR count). The van der Waals surface area contributed by atoms with Crippen LogP contribution in [-0.2, 0) is 11.3 Å². The van der Waals surface area contributed by atoms with E-state index < -0.39 is 11.5 Å². The predicted molar refractivity (Wildman–Crippen MR) is 77.6 cm³/mol. The van der Waals surface area contributed by atoms with E-state index in [1.807, 2.05) is 0 Å². The van der Waals surface area contributed by atoms with Crippen molar-refractivity contribution in [1.29, 1.82) is 0 Å². The number of hydrogen-bond acceptors (Lipinski definition) is 3. The Bertz CT molecular complexity index is 732. The average Bonchev–Trinajstić information content (AvgIpc) is 2.47. The Morgan fingerprint density at radius 1 is 1.10 bits per heavy atom. The van der Waals surface area contributed by atoms with Crippen LogP contribution in [0.5, 0.6) is 0 Å². The number of carboxylic acid groups (broad SMARTS) is 1. The van der Waals surface area contributed by atoms with Gasteiger partial charge < -0.3 is 9.67 Å². The van der Waals surface area contributed by atoms with E-state index in [0.29, 0.717) is 11.3 Å². The molecule has 0 spiro atoms. The molecule has 0 aliphatic carbocycles. The van der Waals surface area contributed by atoms with Gasteiger partial charge in [-0.2, -0.15) is 0 Å². The van der Waals surface area contributed by atoms with Crippen LogP contribution in [0.3, 0.4) is 0 Å². The molecule has 0 radical (unpaired) electrons. The lowest BCUT2D eigenvalue weighted by Crippen LogP contribution is -2.29. The summed E-state index contributed by atoms with van der Waals surface area (Å²) in [5.41, 5.74) is 0.663. The van der Waals surface area contributed by atoms with Crippen LogP contribution in [0.2, 0.25) is 0 Å². The summed E-state index contributed by atoms with van der Waals surface area (Å²) in [5, 5.41) is 8.73. The summed E-state index contributed by atoms with van der Waals surface area (Å²) < 4.78 is 1.32. The van der Waals surface area contributed by atoms with Crippen molar-refractivity contribution in [3.63, 3.8) is 0 Å². The minimum absolute atomic E-state index is 0.0515. The lowest BCUT2D eigenvalue weighted by molar-refractivity contribution is -0.137. The topological polar surface area (TPSA) is 76.4 Å². The van der Waals surface area contributed by atoms with Crippen molar-refractivity contribution in [1.82, 2.24) is 4.57 Å². The highest BCUT2D eigenvalue weighted by molar-refractivity contribution is 6.08. The van der Waals surface area contributed by atoms with E-state index in [1.54, 1.807) is 43.3 Å². The number of hydrogen-bond donors (Lipinski definition) is 1. The molecule has 0 bridgehead atoms. The highest BCUT2D eigenvalue weighted by Crippen LogP contribution is 2.08. The number of pyridine rings is 1. The number of rotatable bonds is 5. The van der Waals surface area contributed by atoms with Crippen LogP contribution in [0.25, 0.3) is 0 Å². The summed E-state index contributed by atoms with van der Waals surface area (Å²) in [6.07, 6.45) is -0.163. The third kappa shape index (κ3) is 3.25. The van der Waals surface area contributed by atoms with E-state index in [2.05, 4.69) is 0 Å². The third-order valence-corrected chi connectivity index (χ3v) is 3.22. The molecule has 0 amide bonds. The fraction of sp³-hybridized carbons (Fsp3) is 0.188. The number of aryl methyl sites for hydroxylation is 1. The first-order chi connectivity index (χ1) is 10.0. The molecular weight excluding hydrogens is 270 g/mol. The van der Waals surface area contributed by atoms with Gasteiger partial charge >= 0.3 is 5.97 Å². The highest BCUT2D eigenvalue weighted by atomic mass is 16.4. The quantitative estimate of drug-likeness (QED) is 0.851. The zero-order valence-electron chi connectivity index (χ0n) is 11.6. The second-order valence-electron chi connectivity index (χ2n) is 4.68. The van der Waals surface area contributed by atoms with Gasteiger partial charge in [-0.3, -0.25) is 14.4 Å². The van der Waals surface area contributed by atoms with E-state index in [4.69, 9.17) is 5.11 Å². The van der Waals surface area contributed by atoms with Crippen molar-refractivity contribution < 1.29 is 14.7 Å². The van der Waals surface area contributed by atoms with Gasteiger partial charge in [-0.1, -0.05) is 30.3 Å². The maximum atomic E-state index is 12.4. The molecule has 1 aromatic heterocycles. The molecule has 0 fully saturated rings. The number of carbonyl (C=O) groups is 2. The van der Waals surface area contributed by atoms with Gasteiger partial charge in [-0.15, -0.1) is 0 Å². The van der Waals surface area contributed by atoms with Gasteiger partial charge in [0.2, 0.25) is 0 Å². The van der Waals surface area contributed by atoms with Gasteiger partial charge in [-0.05, 0) is 19.1 Å². The summed E-state index contributed by atoms with van der Waals surface area (Å²) in [6, 6.07) is 11.7. The first-order valence-corrected chi connectivity index (χ1v) is 6.52. The van der Waals surface area contributed by atoms with E-state index >= 15 is 0 Å². The lowest BCUT2D eigenvalue weighted by Gasteiger charge is -2.10. The zero-order valence-corrected chi connectivity index (χ0v) is 11.6. The Kier molecular flexibility index (Phi) is 4.33. The second-order valence-corrected chi connectivity index (χ2v) is 4.68. The molecule has 0 atom stereocenters. The van der Waals surface area contributed by atoms with Crippen LogP contribution in [0.15, 0.2) is 47.3 Å². The van der Waals surface area contributed by atoms with Gasteiger partial charge in [0.25, 0.3) is 5.56 Å². The average molecular weight is 285 g/mol. The van der Waals surface area contributed by atoms with Crippen molar-refractivity contribution in [2.75, 3.05) is 0 Å². The molecule has 108 valence electrons. The zero-order chi connectivity index (χ0) is 15.4. The first kappa shape index (κ1) is 14.7. The minimum Gasteiger partial charge on any atom is -0.481 e. The largest absolute Gasteiger partial charge is 0.481 e. The van der Waals surface area contributed by atoms with Gasteiger partial charge in [0.05, 0.1) is 12.0 Å². The summed E-state index contributed by atoms with van der Waals surface area (Å²) >= 11 is 0. The van der Waals surface area contributed by atoms with Crippen LogP contribution in [0, 0.1) is 6.92 Å². The molecule has 21 heavy (non-hydrogen) atoms. The van der Waals surface area contributed by atoms with Crippen LogP contribution < -0.4 is 5.56 Å². The predicted octanol–water partition coefficient (Wildman–Crippen LogP) is 1.86. The van der Waals surface area contributed by atoms with Crippen molar-refractivity contribution in [3.8, 4) is 0 Å². The van der Waals surface area contributed by atoms with Crippen molar-refractivity contribution in [3.05, 3.63) is 69.6 Å². The van der Waals surface area contributed by atoms with Crippen LogP contribution in [0.1, 0.15) is 28.0 Å². The Morgan fingerprint density at radius 3 is 2.38 bits per heavy atom. The standard InChI is InChI=1S/C16H15NO4/c1-11-7-8-13(15(20)12-5-3-2-4-6-12)16(21)17(11)10-9-14(18)19/h2-8H,9-10H2,1H3,(H,18,19). The molecular formula is C16H15NO4. The number of carbonyl (C=O) groups excluding carboxylic acids is 1. The maximum Gasteiger partial charge on any atom is 0.305 e. The molecule has 0 unspecified atom stereocenters. The van der Waals surface area contributed by atoms with E-state index in [1.165, 1.54) is 10.6 Å². The molecule has 0 aliphatic rings. The van der Waals surface area contributed by atoms with E-state index in [9.17, 15) is 14.4 Å². The number of aromatic nitrogens is 1. The minimum atomic E-state index is -0.985. The SMILES string of the molecule is Cc1ccc(C(=O)c2ccccc2)c(=O)n1CCC(=O)O. The monoisotopic (exact) mass is 285 g/mol. The third-order valence-electron chi connectivity index (χ3n) is 3.22. The summed E-state index contributed by atoms with van der Waals surface area (Å²) in [5.74, 6) is -1.34. The highest BCUT2D eigenvalue weighted by Gasteiger charge is 2.15. The summed E-state index contributed by atoms with van der Waals surface area (Å²) in [4.78, 5) is 35.4. The van der Waals surface area contributed by atoms with Crippen LogP contribution in [-0.4, -0.2) is 21.4 Å². The molecule has 0 aliphatic heterocycles. The maximum absolute atomic E-state index is 12.4. The lowest BCUT2D eigenvalue weighted by atomic mass is 10.0. The molecule has 1 N–H and O–H groups in total. The number of carboxylic acids is 1. The summed E-state index contributed by atoms with van der Waals surface area (Å²) in [7, 11) is 0. The van der Waals surface area contributed by atoms with Gasteiger partial charge in [0.1, 0.15) is 0 Å². The smallest absolute Gasteiger partial charge is 0.305 e. The molecule has 0 saturated heterocycles. The second kappa shape index (κ2) is 6.17. The molecule has 2 aromatic rings. The molecule has 0 saturated carbocycles. The summed E-state index contributed by atoms with van der Waals surface area (Å²) in [6.45, 7) is 1.76. The molecule has 1 heterocycles. The molecule has 5 nitrogen and oxygen atoms in total. The van der Waals surface area contributed by atoms with Crippen molar-refractivity contribution >= 4 is 11.8 Å². The fourth-order valence-electron chi connectivity index (χ4n) is 2.07. The molecule has 5 heteroatoms. The molecule has 1 aromatic carbocycles. The van der Waals surface area contributed by atoms with Crippen molar-refractivity contribution in [2.45, 2.75) is 19.9 Å². The number of aliphatic carboxylic acids is 1. The van der Waals surface area contributed by atoms with E-state index in [0.717, 1.165) is 0 Å². The number of benzene rings is 1. The Labute approximate surface area is 121 Å². The number of nitrogens with zero attached hydrogens (tertiary/aromatic N) is 1. The van der Waals surface area contributed by atoms with Gasteiger partial charge in [0, 0.05) is 17.8 Å². The van der Waals surface area contributed by atoms with Crippen LogP contribution in [0.4, 0.5) is 0 Å². The van der Waals surface area contributed by atoms with Gasteiger partial charge in [0.15, 0.2) is 5.78 Å². The van der Waals surface area contributed by atoms with Crippen molar-refractivity contribution in [2.24, 2.45) is 0 Å². The first-order valence-electron chi connectivity index (χ1n) is 6.52. The Balaban J connectivity index is 2.42. The van der Waals surface area contributed by atoms with Crippen LogP contribution >= 0.6 is 0 Å². The number of ketones is 1. The fourth-order valence-corrected chi connectivity index (χ4v) is 2.07.